The third-order valence-corrected chi connectivity index (χ3v) is 4.87. The topological polar surface area (TPSA) is 93.1 Å². The van der Waals surface area contributed by atoms with Crippen molar-refractivity contribution >= 4 is 57.5 Å². The number of carboxylic acid groups (broad SMARTS) is 1. The normalized spacial score (nSPS) is 15.8. The lowest BCUT2D eigenvalue weighted by atomic mass is 10.2. The molecule has 0 bridgehead atoms. The van der Waals surface area contributed by atoms with Crippen molar-refractivity contribution < 1.29 is 29.0 Å². The van der Waals surface area contributed by atoms with Gasteiger partial charge in [0.15, 0.2) is 18.1 Å². The number of halogens is 1. The lowest BCUT2D eigenvalue weighted by molar-refractivity contribution is -0.139. The predicted octanol–water partition coefficient (Wildman–Crippen LogP) is 3.21. The first kappa shape index (κ1) is 19.6. The number of likely N-dealkylation sites (N-methyl/N-ethyl adjacent to an activating group) is 1. The second kappa shape index (κ2) is 8.56. The van der Waals surface area contributed by atoms with Crippen molar-refractivity contribution in [1.82, 2.24) is 4.90 Å². The first-order chi connectivity index (χ1) is 11.9. The largest absolute Gasteiger partial charge is 0.490 e. The summed E-state index contributed by atoms with van der Waals surface area (Å²) >= 11 is 2.90. The van der Waals surface area contributed by atoms with Gasteiger partial charge in [0.1, 0.15) is 0 Å². The number of imide groups is 1. The molecule has 0 aromatic heterocycles. The van der Waals surface area contributed by atoms with E-state index in [0.29, 0.717) is 38.7 Å². The Bertz CT molecular complexity index is 748. The van der Waals surface area contributed by atoms with E-state index in [4.69, 9.17) is 14.6 Å². The molecule has 1 N–H and O–H groups in total. The molecule has 9 heteroatoms. The molecule has 1 heterocycles. The highest BCUT2D eigenvalue weighted by Crippen LogP contribution is 2.37. The van der Waals surface area contributed by atoms with Crippen LogP contribution in [0.15, 0.2) is 17.0 Å². The van der Waals surface area contributed by atoms with Gasteiger partial charge >= 0.3 is 5.97 Å². The molecule has 25 heavy (non-hydrogen) atoms. The third-order valence-electron chi connectivity index (χ3n) is 3.16. The summed E-state index contributed by atoms with van der Waals surface area (Å²) in [5.41, 5.74) is 0.664. The average molecular weight is 477 g/mol. The Hall–Kier alpha value is -1.75. The number of carbonyl (C=O) groups is 3. The second-order valence-electron chi connectivity index (χ2n) is 4.87. The van der Waals surface area contributed by atoms with Crippen LogP contribution in [0.1, 0.15) is 19.4 Å². The smallest absolute Gasteiger partial charge is 0.341 e. The van der Waals surface area contributed by atoms with Crippen LogP contribution in [0.25, 0.3) is 6.08 Å². The van der Waals surface area contributed by atoms with E-state index in [0.717, 1.165) is 11.8 Å². The summed E-state index contributed by atoms with van der Waals surface area (Å²) in [5, 5.41) is 8.49. The third kappa shape index (κ3) is 4.66. The van der Waals surface area contributed by atoms with Gasteiger partial charge in [-0.25, -0.2) is 4.79 Å². The molecule has 1 aromatic carbocycles. The van der Waals surface area contributed by atoms with E-state index in [-0.39, 0.29) is 11.1 Å². The number of ether oxygens (including phenoxy) is 2. The molecule has 0 atom stereocenters. The number of thioether (sulfide) groups is 1. The summed E-state index contributed by atoms with van der Waals surface area (Å²) in [6, 6.07) is 3.39. The highest BCUT2D eigenvalue weighted by atomic mass is 127. The maximum absolute atomic E-state index is 12.2. The van der Waals surface area contributed by atoms with E-state index in [1.54, 1.807) is 32.1 Å². The molecule has 2 amide bonds. The lowest BCUT2D eigenvalue weighted by Gasteiger charge is -2.13. The minimum absolute atomic E-state index is 0.292. The van der Waals surface area contributed by atoms with Gasteiger partial charge in [-0.05, 0) is 72.0 Å². The van der Waals surface area contributed by atoms with Crippen LogP contribution in [-0.2, 0) is 9.59 Å². The minimum atomic E-state index is -1.09. The molecule has 0 unspecified atom stereocenters. The van der Waals surface area contributed by atoms with E-state index >= 15 is 0 Å². The number of benzene rings is 1. The van der Waals surface area contributed by atoms with Gasteiger partial charge in [-0.1, -0.05) is 0 Å². The van der Waals surface area contributed by atoms with E-state index in [9.17, 15) is 14.4 Å². The number of carboxylic acids is 1. The van der Waals surface area contributed by atoms with Crippen molar-refractivity contribution in [1.29, 1.82) is 0 Å². The fourth-order valence-corrected chi connectivity index (χ4v) is 3.82. The molecule has 2 rings (SSSR count). The fraction of sp³-hybridized carbons (Fsp3) is 0.312. The highest BCUT2D eigenvalue weighted by molar-refractivity contribution is 14.1. The van der Waals surface area contributed by atoms with Crippen molar-refractivity contribution in [3.63, 3.8) is 0 Å². The van der Waals surface area contributed by atoms with Gasteiger partial charge in [0.25, 0.3) is 11.1 Å². The van der Waals surface area contributed by atoms with Gasteiger partial charge in [0, 0.05) is 6.54 Å². The Kier molecular flexibility index (Phi) is 6.71. The molecular weight excluding hydrogens is 461 g/mol. The highest BCUT2D eigenvalue weighted by Gasteiger charge is 2.33. The zero-order valence-corrected chi connectivity index (χ0v) is 16.5. The average Bonchev–Trinajstić information content (AvgIpc) is 2.80. The molecule has 0 saturated carbocycles. The van der Waals surface area contributed by atoms with Crippen molar-refractivity contribution in [2.75, 3.05) is 19.8 Å². The molecule has 0 aliphatic carbocycles. The monoisotopic (exact) mass is 477 g/mol. The summed E-state index contributed by atoms with van der Waals surface area (Å²) in [5.74, 6) is -0.687. The lowest BCUT2D eigenvalue weighted by Crippen LogP contribution is -2.27. The SMILES string of the molecule is CCOc1cc(/C=C2/SC(=O)N(CC)C2=O)cc(I)c1OCC(=O)O. The van der Waals surface area contributed by atoms with Gasteiger partial charge < -0.3 is 14.6 Å². The summed E-state index contributed by atoms with van der Waals surface area (Å²) in [7, 11) is 0. The molecule has 1 aliphatic heterocycles. The molecule has 1 fully saturated rings. The summed E-state index contributed by atoms with van der Waals surface area (Å²) < 4.78 is 11.5. The van der Waals surface area contributed by atoms with Crippen LogP contribution in [-0.4, -0.2) is 46.9 Å². The number of hydrogen-bond acceptors (Lipinski definition) is 6. The number of amides is 2. The van der Waals surface area contributed by atoms with E-state index in [1.165, 1.54) is 4.90 Å². The van der Waals surface area contributed by atoms with Crippen LogP contribution in [0.2, 0.25) is 0 Å². The summed E-state index contributed by atoms with van der Waals surface area (Å²) in [6.07, 6.45) is 1.62. The number of aliphatic carboxylic acids is 1. The van der Waals surface area contributed by atoms with Crippen LogP contribution in [0.5, 0.6) is 11.5 Å². The standard InChI is InChI=1S/C16H16INO6S/c1-3-18-15(21)12(25-16(18)22)7-9-5-10(17)14(24-8-13(19)20)11(6-9)23-4-2/h5-7H,3-4,8H2,1-2H3,(H,19,20)/b12-7+. The molecule has 0 spiro atoms. The van der Waals surface area contributed by atoms with Crippen molar-refractivity contribution in [2.24, 2.45) is 0 Å². The summed E-state index contributed by atoms with van der Waals surface area (Å²) in [6.45, 7) is 3.75. The summed E-state index contributed by atoms with van der Waals surface area (Å²) in [4.78, 5) is 36.2. The van der Waals surface area contributed by atoms with Gasteiger partial charge in [0.2, 0.25) is 0 Å². The van der Waals surface area contributed by atoms with Gasteiger partial charge in [-0.2, -0.15) is 0 Å². The molecule has 1 saturated heterocycles. The Morgan fingerprint density at radius 1 is 1.32 bits per heavy atom. The first-order valence-corrected chi connectivity index (χ1v) is 9.33. The van der Waals surface area contributed by atoms with Crippen molar-refractivity contribution in [3.8, 4) is 11.5 Å². The van der Waals surface area contributed by atoms with E-state index in [2.05, 4.69) is 0 Å². The Labute approximate surface area is 162 Å². The van der Waals surface area contributed by atoms with Crippen LogP contribution in [0, 0.1) is 3.57 Å². The van der Waals surface area contributed by atoms with Crippen LogP contribution < -0.4 is 9.47 Å². The Morgan fingerprint density at radius 2 is 2.04 bits per heavy atom. The van der Waals surface area contributed by atoms with E-state index < -0.39 is 12.6 Å². The number of carbonyl (C=O) groups excluding carboxylic acids is 2. The molecule has 7 nitrogen and oxygen atoms in total. The molecule has 1 aliphatic rings. The van der Waals surface area contributed by atoms with E-state index in [1.807, 2.05) is 22.6 Å². The van der Waals surface area contributed by atoms with Crippen LogP contribution in [0.3, 0.4) is 0 Å². The number of nitrogens with zero attached hydrogens (tertiary/aromatic N) is 1. The molecular formula is C16H16INO6S. The zero-order valence-electron chi connectivity index (χ0n) is 13.6. The Morgan fingerprint density at radius 3 is 2.60 bits per heavy atom. The van der Waals surface area contributed by atoms with Crippen molar-refractivity contribution in [2.45, 2.75) is 13.8 Å². The molecule has 134 valence electrons. The zero-order chi connectivity index (χ0) is 18.6. The van der Waals surface area contributed by atoms with Crippen LogP contribution in [0.4, 0.5) is 4.79 Å². The second-order valence-corrected chi connectivity index (χ2v) is 7.03. The van der Waals surface area contributed by atoms with Crippen molar-refractivity contribution in [3.05, 3.63) is 26.2 Å². The number of hydrogen-bond donors (Lipinski definition) is 1. The quantitative estimate of drug-likeness (QED) is 0.476. The van der Waals surface area contributed by atoms with Crippen LogP contribution >= 0.6 is 34.4 Å². The van der Waals surface area contributed by atoms with Gasteiger partial charge in [-0.15, -0.1) is 0 Å². The molecule has 1 aromatic rings. The number of rotatable bonds is 7. The minimum Gasteiger partial charge on any atom is -0.490 e. The predicted molar refractivity (Wildman–Crippen MR) is 102 cm³/mol. The molecule has 0 radical (unpaired) electrons. The van der Waals surface area contributed by atoms with Gasteiger partial charge in [-0.3, -0.25) is 14.5 Å². The fourth-order valence-electron chi connectivity index (χ4n) is 2.13. The maximum Gasteiger partial charge on any atom is 0.341 e. The maximum atomic E-state index is 12.2. The van der Waals surface area contributed by atoms with Gasteiger partial charge in [0.05, 0.1) is 15.1 Å². The first-order valence-electron chi connectivity index (χ1n) is 7.43. The Balaban J connectivity index is 2.36.